The van der Waals surface area contributed by atoms with Gasteiger partial charge in [0.25, 0.3) is 0 Å². The molecule has 0 N–H and O–H groups in total. The van der Waals surface area contributed by atoms with Gasteiger partial charge in [0, 0.05) is 33.5 Å². The van der Waals surface area contributed by atoms with E-state index >= 15 is 0 Å². The van der Waals surface area contributed by atoms with Gasteiger partial charge in [0.1, 0.15) is 5.69 Å². The fourth-order valence-corrected chi connectivity index (χ4v) is 2.05. The van der Waals surface area contributed by atoms with Gasteiger partial charge in [-0.15, -0.1) is 0 Å². The van der Waals surface area contributed by atoms with Crippen LogP contribution in [0.5, 0.6) is 0 Å². The molecule has 0 radical (unpaired) electrons. The fourth-order valence-electron chi connectivity index (χ4n) is 2.05. The maximum Gasteiger partial charge on any atom is 0.107 e. The zero-order chi connectivity index (χ0) is 13.1. The van der Waals surface area contributed by atoms with Crippen molar-refractivity contribution in [1.82, 2.24) is 19.3 Å². The Morgan fingerprint density at radius 1 is 1.32 bits per heavy atom. The minimum atomic E-state index is 0. The molecule has 0 aliphatic heterocycles. The maximum absolute atomic E-state index is 5.09. The van der Waals surface area contributed by atoms with Gasteiger partial charge in [-0.05, 0) is 25.8 Å². The summed E-state index contributed by atoms with van der Waals surface area (Å²) in [4.78, 5) is 4.42. The highest BCUT2D eigenvalue weighted by Crippen LogP contribution is 2.24. The lowest BCUT2D eigenvalue weighted by Crippen LogP contribution is -2.05. The number of ether oxygens (including phenoxy) is 1. The van der Waals surface area contributed by atoms with Crippen LogP contribution < -0.4 is 0 Å². The smallest absolute Gasteiger partial charge is 0.107 e. The van der Waals surface area contributed by atoms with Crippen LogP contribution in [0.1, 0.15) is 25.1 Å². The SMILES string of the molecule is C.COCCCn1nc(C)c(C)c1-c1cn(C)cn1. The van der Waals surface area contributed by atoms with Crippen molar-refractivity contribution in [1.29, 1.82) is 0 Å². The van der Waals surface area contributed by atoms with Crippen LogP contribution in [-0.2, 0) is 18.3 Å². The van der Waals surface area contributed by atoms with Gasteiger partial charge in [-0.2, -0.15) is 5.10 Å². The summed E-state index contributed by atoms with van der Waals surface area (Å²) in [6.45, 7) is 5.74. The number of hydrogen-bond donors (Lipinski definition) is 0. The molecule has 0 aliphatic carbocycles. The largest absolute Gasteiger partial charge is 0.385 e. The monoisotopic (exact) mass is 264 g/mol. The van der Waals surface area contributed by atoms with Gasteiger partial charge in [-0.1, -0.05) is 7.43 Å². The van der Waals surface area contributed by atoms with Gasteiger partial charge in [-0.3, -0.25) is 4.68 Å². The maximum atomic E-state index is 5.09. The molecule has 2 aromatic rings. The lowest BCUT2D eigenvalue weighted by Gasteiger charge is -2.06. The zero-order valence-corrected chi connectivity index (χ0v) is 11.5. The molecule has 0 aliphatic rings. The highest BCUT2D eigenvalue weighted by Gasteiger charge is 2.15. The van der Waals surface area contributed by atoms with E-state index in [0.717, 1.165) is 36.7 Å². The van der Waals surface area contributed by atoms with E-state index in [1.54, 1.807) is 7.11 Å². The van der Waals surface area contributed by atoms with Crippen molar-refractivity contribution in [3.63, 3.8) is 0 Å². The summed E-state index contributed by atoms with van der Waals surface area (Å²) < 4.78 is 9.08. The van der Waals surface area contributed by atoms with E-state index in [9.17, 15) is 0 Å². The molecule has 0 amide bonds. The van der Waals surface area contributed by atoms with Crippen LogP contribution in [0.3, 0.4) is 0 Å². The molecule has 2 heterocycles. The van der Waals surface area contributed by atoms with Gasteiger partial charge in [-0.25, -0.2) is 4.98 Å². The first-order valence-corrected chi connectivity index (χ1v) is 6.14. The Balaban J connectivity index is 0.00000180. The Kier molecular flexibility index (Phi) is 5.30. The minimum Gasteiger partial charge on any atom is -0.385 e. The van der Waals surface area contributed by atoms with Gasteiger partial charge >= 0.3 is 0 Å². The highest BCUT2D eigenvalue weighted by molar-refractivity contribution is 5.59. The Morgan fingerprint density at radius 2 is 2.05 bits per heavy atom. The van der Waals surface area contributed by atoms with Crippen molar-refractivity contribution < 1.29 is 4.74 Å². The summed E-state index contributed by atoms with van der Waals surface area (Å²) >= 11 is 0. The highest BCUT2D eigenvalue weighted by atomic mass is 16.5. The summed E-state index contributed by atoms with van der Waals surface area (Å²) in [6, 6.07) is 0. The molecular formula is C14H24N4O. The van der Waals surface area contributed by atoms with E-state index < -0.39 is 0 Å². The van der Waals surface area contributed by atoms with E-state index in [0.29, 0.717) is 0 Å². The van der Waals surface area contributed by atoms with Gasteiger partial charge in [0.15, 0.2) is 0 Å². The standard InChI is InChI=1S/C13H20N4O.CH4/c1-10-11(2)15-17(6-5-7-18-4)13(10)12-8-16(3)9-14-12;/h8-9H,5-7H2,1-4H3;1H4. The Labute approximate surface area is 115 Å². The fraction of sp³-hybridized carbons (Fsp3) is 0.571. The van der Waals surface area contributed by atoms with Crippen LogP contribution in [0.15, 0.2) is 12.5 Å². The van der Waals surface area contributed by atoms with Crippen LogP contribution in [0.4, 0.5) is 0 Å². The number of aryl methyl sites for hydroxylation is 3. The third kappa shape index (κ3) is 3.23. The van der Waals surface area contributed by atoms with Crippen LogP contribution in [0.2, 0.25) is 0 Å². The van der Waals surface area contributed by atoms with Crippen LogP contribution >= 0.6 is 0 Å². The molecule has 2 aromatic heterocycles. The lowest BCUT2D eigenvalue weighted by molar-refractivity contribution is 0.189. The Morgan fingerprint density at radius 3 is 2.63 bits per heavy atom. The predicted molar refractivity (Wildman–Crippen MR) is 77.1 cm³/mol. The van der Waals surface area contributed by atoms with Crippen LogP contribution in [0, 0.1) is 13.8 Å². The average Bonchev–Trinajstić information content (AvgIpc) is 2.86. The zero-order valence-electron chi connectivity index (χ0n) is 11.5. The normalized spacial score (nSPS) is 10.5. The summed E-state index contributed by atoms with van der Waals surface area (Å²) in [7, 11) is 3.70. The minimum absolute atomic E-state index is 0. The van der Waals surface area contributed by atoms with Gasteiger partial charge in [0.05, 0.1) is 17.7 Å². The van der Waals surface area contributed by atoms with Crippen LogP contribution in [-0.4, -0.2) is 33.0 Å². The molecule has 0 saturated heterocycles. The molecular weight excluding hydrogens is 240 g/mol. The number of hydrogen-bond acceptors (Lipinski definition) is 3. The molecule has 0 bridgehead atoms. The molecule has 0 spiro atoms. The Bertz CT molecular complexity index is 528. The molecule has 0 aromatic carbocycles. The summed E-state index contributed by atoms with van der Waals surface area (Å²) in [6.07, 6.45) is 4.80. The topological polar surface area (TPSA) is 44.9 Å². The molecule has 0 fully saturated rings. The second kappa shape index (κ2) is 6.52. The molecule has 106 valence electrons. The molecule has 5 heteroatoms. The predicted octanol–water partition coefficient (Wildman–Crippen LogP) is 2.57. The van der Waals surface area contributed by atoms with Crippen molar-refractivity contribution >= 4 is 0 Å². The number of methoxy groups -OCH3 is 1. The third-order valence-corrected chi connectivity index (χ3v) is 3.09. The number of nitrogens with zero attached hydrogens (tertiary/aromatic N) is 4. The molecule has 0 atom stereocenters. The van der Waals surface area contributed by atoms with Crippen molar-refractivity contribution in [2.24, 2.45) is 7.05 Å². The van der Waals surface area contributed by atoms with Gasteiger partial charge in [0.2, 0.25) is 0 Å². The quantitative estimate of drug-likeness (QED) is 0.780. The number of rotatable bonds is 5. The van der Waals surface area contributed by atoms with E-state index in [2.05, 4.69) is 17.0 Å². The second-order valence-electron chi connectivity index (χ2n) is 4.55. The second-order valence-corrected chi connectivity index (χ2v) is 4.55. The summed E-state index contributed by atoms with van der Waals surface area (Å²) in [5.41, 5.74) is 4.36. The third-order valence-electron chi connectivity index (χ3n) is 3.09. The molecule has 5 nitrogen and oxygen atoms in total. The first-order valence-electron chi connectivity index (χ1n) is 6.14. The van der Waals surface area contributed by atoms with Crippen molar-refractivity contribution in [2.45, 2.75) is 34.2 Å². The van der Waals surface area contributed by atoms with E-state index in [1.807, 2.05) is 35.7 Å². The molecule has 2 rings (SSSR count). The van der Waals surface area contributed by atoms with Gasteiger partial charge < -0.3 is 9.30 Å². The number of imidazole rings is 1. The van der Waals surface area contributed by atoms with Crippen molar-refractivity contribution in [2.75, 3.05) is 13.7 Å². The first kappa shape index (κ1) is 15.4. The van der Waals surface area contributed by atoms with Crippen LogP contribution in [0.25, 0.3) is 11.4 Å². The van der Waals surface area contributed by atoms with Crippen molar-refractivity contribution in [3.8, 4) is 11.4 Å². The molecule has 19 heavy (non-hydrogen) atoms. The molecule has 0 saturated carbocycles. The molecule has 0 unspecified atom stereocenters. The lowest BCUT2D eigenvalue weighted by atomic mass is 10.2. The van der Waals surface area contributed by atoms with E-state index in [-0.39, 0.29) is 7.43 Å². The number of aromatic nitrogens is 4. The summed E-state index contributed by atoms with van der Waals surface area (Å²) in [5.74, 6) is 0. The first-order chi connectivity index (χ1) is 8.63. The summed E-state index contributed by atoms with van der Waals surface area (Å²) in [5, 5.41) is 4.58. The van der Waals surface area contributed by atoms with Crippen molar-refractivity contribution in [3.05, 3.63) is 23.8 Å². The van der Waals surface area contributed by atoms with E-state index in [1.165, 1.54) is 5.56 Å². The average molecular weight is 264 g/mol. The van der Waals surface area contributed by atoms with E-state index in [4.69, 9.17) is 4.74 Å². The Hall–Kier alpha value is -1.62.